The maximum atomic E-state index is 11.9. The maximum Gasteiger partial charge on any atom is 0.239 e. The Morgan fingerprint density at radius 1 is 1.38 bits per heavy atom. The van der Waals surface area contributed by atoms with Crippen LogP contribution in [0.2, 0.25) is 0 Å². The third-order valence-corrected chi connectivity index (χ3v) is 3.15. The molecule has 1 aromatic rings. The standard InChI is InChI=1S/C14H20N2O4.ClH/c1-18-12-4-3-10(7-13(12)19-2)8-16-14(17)11-9-20-6-5-15-11;/h3-4,7,11,15H,5-6,8-9H2,1-2H3,(H,16,17);1H. The first-order chi connectivity index (χ1) is 9.74. The molecule has 21 heavy (non-hydrogen) atoms. The van der Waals surface area contributed by atoms with Crippen LogP contribution < -0.4 is 20.1 Å². The zero-order valence-corrected chi connectivity index (χ0v) is 13.0. The fourth-order valence-corrected chi connectivity index (χ4v) is 2.04. The van der Waals surface area contributed by atoms with Crippen molar-refractivity contribution < 1.29 is 19.0 Å². The molecule has 1 aliphatic rings. The van der Waals surface area contributed by atoms with E-state index in [0.29, 0.717) is 37.8 Å². The normalized spacial score (nSPS) is 17.5. The van der Waals surface area contributed by atoms with Crippen LogP contribution in [0.15, 0.2) is 18.2 Å². The van der Waals surface area contributed by atoms with Crippen LogP contribution in [0, 0.1) is 0 Å². The number of nitrogens with one attached hydrogen (secondary N) is 2. The van der Waals surface area contributed by atoms with Crippen molar-refractivity contribution in [1.82, 2.24) is 10.6 Å². The summed E-state index contributed by atoms with van der Waals surface area (Å²) < 4.78 is 15.7. The van der Waals surface area contributed by atoms with Gasteiger partial charge in [-0.2, -0.15) is 0 Å². The second kappa shape index (κ2) is 8.71. The Kier molecular flexibility index (Phi) is 7.28. The number of hydrogen-bond donors (Lipinski definition) is 2. The van der Waals surface area contributed by atoms with Gasteiger partial charge in [0.2, 0.25) is 5.91 Å². The van der Waals surface area contributed by atoms with E-state index in [4.69, 9.17) is 14.2 Å². The molecule has 0 saturated carbocycles. The van der Waals surface area contributed by atoms with Gasteiger partial charge in [-0.05, 0) is 17.7 Å². The van der Waals surface area contributed by atoms with Gasteiger partial charge < -0.3 is 24.8 Å². The molecule has 1 heterocycles. The van der Waals surface area contributed by atoms with Crippen molar-refractivity contribution in [3.63, 3.8) is 0 Å². The highest BCUT2D eigenvalue weighted by Gasteiger charge is 2.20. The first-order valence-electron chi connectivity index (χ1n) is 6.54. The molecule has 1 atom stereocenters. The van der Waals surface area contributed by atoms with Crippen molar-refractivity contribution in [1.29, 1.82) is 0 Å². The molecule has 0 aromatic heterocycles. The molecular formula is C14H21ClN2O4. The number of rotatable bonds is 5. The van der Waals surface area contributed by atoms with Crippen LogP contribution in [-0.2, 0) is 16.1 Å². The van der Waals surface area contributed by atoms with E-state index in [1.165, 1.54) is 0 Å². The van der Waals surface area contributed by atoms with Crippen molar-refractivity contribution in [3.05, 3.63) is 23.8 Å². The van der Waals surface area contributed by atoms with Gasteiger partial charge in [-0.15, -0.1) is 12.4 Å². The minimum absolute atomic E-state index is 0. The molecule has 2 rings (SSSR count). The molecule has 6 nitrogen and oxygen atoms in total. The molecule has 0 spiro atoms. The van der Waals surface area contributed by atoms with E-state index in [9.17, 15) is 4.79 Å². The highest BCUT2D eigenvalue weighted by atomic mass is 35.5. The lowest BCUT2D eigenvalue weighted by molar-refractivity contribution is -0.126. The Bertz CT molecular complexity index is 464. The number of hydrogen-bond acceptors (Lipinski definition) is 5. The molecule has 1 saturated heterocycles. The average molecular weight is 317 g/mol. The predicted octanol–water partition coefficient (Wildman–Crippen LogP) is 0.730. The van der Waals surface area contributed by atoms with Crippen LogP contribution in [0.25, 0.3) is 0 Å². The number of benzene rings is 1. The van der Waals surface area contributed by atoms with Crippen molar-refractivity contribution in [2.75, 3.05) is 34.0 Å². The van der Waals surface area contributed by atoms with Gasteiger partial charge in [-0.1, -0.05) is 6.07 Å². The number of carbonyl (C=O) groups is 1. The van der Waals surface area contributed by atoms with E-state index in [-0.39, 0.29) is 24.4 Å². The summed E-state index contributed by atoms with van der Waals surface area (Å²) in [5, 5.41) is 5.99. The Hall–Kier alpha value is -1.50. The summed E-state index contributed by atoms with van der Waals surface area (Å²) in [6.45, 7) is 2.21. The second-order valence-corrected chi connectivity index (χ2v) is 4.49. The summed E-state index contributed by atoms with van der Waals surface area (Å²) in [7, 11) is 3.18. The Labute approximate surface area is 130 Å². The monoisotopic (exact) mass is 316 g/mol. The quantitative estimate of drug-likeness (QED) is 0.838. The van der Waals surface area contributed by atoms with Gasteiger partial charge in [-0.3, -0.25) is 4.79 Å². The summed E-state index contributed by atoms with van der Waals surface area (Å²) in [4.78, 5) is 11.9. The largest absolute Gasteiger partial charge is 0.493 e. The molecule has 1 fully saturated rings. The van der Waals surface area contributed by atoms with Crippen LogP contribution in [0.4, 0.5) is 0 Å². The second-order valence-electron chi connectivity index (χ2n) is 4.49. The van der Waals surface area contributed by atoms with Crippen LogP contribution >= 0.6 is 12.4 Å². The lowest BCUT2D eigenvalue weighted by Crippen LogP contribution is -2.51. The number of morpholine rings is 1. The van der Waals surface area contributed by atoms with Crippen LogP contribution in [0.1, 0.15) is 5.56 Å². The predicted molar refractivity (Wildman–Crippen MR) is 81.3 cm³/mol. The SMILES string of the molecule is COc1ccc(CNC(=O)C2COCCN2)cc1OC.Cl. The highest BCUT2D eigenvalue weighted by Crippen LogP contribution is 2.27. The summed E-state index contributed by atoms with van der Waals surface area (Å²) in [6, 6.07) is 5.29. The number of ether oxygens (including phenoxy) is 3. The third-order valence-electron chi connectivity index (χ3n) is 3.15. The van der Waals surface area contributed by atoms with E-state index in [1.807, 2.05) is 18.2 Å². The molecule has 1 unspecified atom stereocenters. The fraction of sp³-hybridized carbons (Fsp3) is 0.500. The molecule has 1 aromatic carbocycles. The van der Waals surface area contributed by atoms with Crippen molar-refractivity contribution in [2.24, 2.45) is 0 Å². The minimum Gasteiger partial charge on any atom is -0.493 e. The van der Waals surface area contributed by atoms with Gasteiger partial charge in [0.1, 0.15) is 6.04 Å². The highest BCUT2D eigenvalue weighted by molar-refractivity contribution is 5.85. The molecule has 7 heteroatoms. The smallest absolute Gasteiger partial charge is 0.239 e. The third kappa shape index (κ3) is 4.77. The van der Waals surface area contributed by atoms with Crippen LogP contribution in [0.3, 0.4) is 0 Å². The number of methoxy groups -OCH3 is 2. The molecule has 0 aliphatic carbocycles. The van der Waals surface area contributed by atoms with Gasteiger partial charge >= 0.3 is 0 Å². The molecule has 0 bridgehead atoms. The van der Waals surface area contributed by atoms with E-state index < -0.39 is 0 Å². The zero-order valence-electron chi connectivity index (χ0n) is 12.2. The Balaban J connectivity index is 0.00000220. The van der Waals surface area contributed by atoms with E-state index in [0.717, 1.165) is 5.56 Å². The summed E-state index contributed by atoms with van der Waals surface area (Å²) in [5.41, 5.74) is 0.952. The summed E-state index contributed by atoms with van der Waals surface area (Å²) >= 11 is 0. The van der Waals surface area contributed by atoms with Gasteiger partial charge in [0, 0.05) is 13.1 Å². The summed E-state index contributed by atoms with van der Waals surface area (Å²) in [5.74, 6) is 1.27. The topological polar surface area (TPSA) is 68.8 Å². The van der Waals surface area contributed by atoms with E-state index in [1.54, 1.807) is 14.2 Å². The van der Waals surface area contributed by atoms with E-state index in [2.05, 4.69) is 10.6 Å². The van der Waals surface area contributed by atoms with Crippen LogP contribution in [-0.4, -0.2) is 45.9 Å². The Morgan fingerprint density at radius 2 is 2.14 bits per heavy atom. The van der Waals surface area contributed by atoms with Gasteiger partial charge in [-0.25, -0.2) is 0 Å². The number of carbonyl (C=O) groups excluding carboxylic acids is 1. The van der Waals surface area contributed by atoms with Gasteiger partial charge in [0.05, 0.1) is 27.4 Å². The Morgan fingerprint density at radius 3 is 2.76 bits per heavy atom. The lowest BCUT2D eigenvalue weighted by Gasteiger charge is -2.23. The first-order valence-corrected chi connectivity index (χ1v) is 6.54. The van der Waals surface area contributed by atoms with Crippen molar-refractivity contribution >= 4 is 18.3 Å². The van der Waals surface area contributed by atoms with Gasteiger partial charge in [0.15, 0.2) is 11.5 Å². The first kappa shape index (κ1) is 17.6. The van der Waals surface area contributed by atoms with E-state index >= 15 is 0 Å². The van der Waals surface area contributed by atoms with Crippen molar-refractivity contribution in [2.45, 2.75) is 12.6 Å². The molecule has 2 N–H and O–H groups in total. The molecule has 1 amide bonds. The fourth-order valence-electron chi connectivity index (χ4n) is 2.04. The summed E-state index contributed by atoms with van der Waals surface area (Å²) in [6.07, 6.45) is 0. The van der Waals surface area contributed by atoms with Gasteiger partial charge in [0.25, 0.3) is 0 Å². The minimum atomic E-state index is -0.274. The van der Waals surface area contributed by atoms with Crippen LogP contribution in [0.5, 0.6) is 11.5 Å². The molecule has 0 radical (unpaired) electrons. The van der Waals surface area contributed by atoms with Crippen molar-refractivity contribution in [3.8, 4) is 11.5 Å². The number of halogens is 1. The molecular weight excluding hydrogens is 296 g/mol. The maximum absolute atomic E-state index is 11.9. The molecule has 118 valence electrons. The molecule has 1 aliphatic heterocycles. The average Bonchev–Trinajstić information content (AvgIpc) is 2.53. The number of amides is 1. The zero-order chi connectivity index (χ0) is 14.4. The lowest BCUT2D eigenvalue weighted by atomic mass is 10.2.